The summed E-state index contributed by atoms with van der Waals surface area (Å²) in [5, 5.41) is 11.7. The predicted octanol–water partition coefficient (Wildman–Crippen LogP) is 0.878. The van der Waals surface area contributed by atoms with Crippen molar-refractivity contribution in [3.8, 4) is 0 Å². The summed E-state index contributed by atoms with van der Waals surface area (Å²) in [4.78, 5) is 29.0. The van der Waals surface area contributed by atoms with Crippen LogP contribution in [0.2, 0.25) is 10.6 Å². The van der Waals surface area contributed by atoms with Crippen LogP contribution in [0.25, 0.3) is 0 Å². The Kier molecular flexibility index (Phi) is 21.7. The normalized spacial score (nSPS) is 7.31. The molecule has 16 heavy (non-hydrogen) atoms. The molecule has 0 aromatic rings. The Hall–Kier alpha value is -0.658. The Morgan fingerprint density at radius 3 is 1.19 bits per heavy atom. The number of carbonyl (C=O) groups excluding carboxylic acids is 3. The number of hydrogen-bond donors (Lipinski definition) is 0. The molecule has 0 aromatic carbocycles. The van der Waals surface area contributed by atoms with Gasteiger partial charge < -0.3 is 9.90 Å². The van der Waals surface area contributed by atoms with Gasteiger partial charge in [-0.2, -0.15) is 0 Å². The molecule has 0 radical (unpaired) electrons. The van der Waals surface area contributed by atoms with Crippen LogP contribution in [0.5, 0.6) is 0 Å². The zero-order valence-corrected chi connectivity index (χ0v) is 12.0. The topological polar surface area (TPSA) is 74.3 Å². The van der Waals surface area contributed by atoms with Gasteiger partial charge in [0.15, 0.2) is 0 Å². The zero-order chi connectivity index (χ0) is 13.6. The van der Waals surface area contributed by atoms with Gasteiger partial charge in [-0.15, -0.1) is 0 Å². The Labute approximate surface area is 104 Å². The summed E-state index contributed by atoms with van der Waals surface area (Å²) in [7, 11) is 0. The van der Waals surface area contributed by atoms with Crippen LogP contribution in [0.3, 0.4) is 0 Å². The quantitative estimate of drug-likeness (QED) is 0.543. The van der Waals surface area contributed by atoms with E-state index >= 15 is 0 Å². The van der Waals surface area contributed by atoms with Gasteiger partial charge in [0.1, 0.15) is 11.6 Å². The minimum atomic E-state index is -1.08. The number of rotatable bonds is 4. The minimum absolute atomic E-state index is 0.0625. The Morgan fingerprint density at radius 1 is 0.938 bits per heavy atom. The van der Waals surface area contributed by atoms with Crippen molar-refractivity contribution in [1.29, 1.82) is 0 Å². The third-order valence-corrected chi connectivity index (χ3v) is 2.23. The summed E-state index contributed by atoms with van der Waals surface area (Å²) in [6, 6.07) is 0. The Morgan fingerprint density at radius 2 is 1.19 bits per heavy atom. The molecule has 0 amide bonds. The van der Waals surface area contributed by atoms with E-state index in [4.69, 9.17) is 9.90 Å². The number of Topliss-reactive ketones (excluding diaryl/α,β-unsaturated/α-hetero) is 2. The molecule has 0 fully saturated rings. The van der Waals surface area contributed by atoms with E-state index in [2.05, 4.69) is 13.8 Å². The van der Waals surface area contributed by atoms with Crippen molar-refractivity contribution >= 4 is 32.8 Å². The summed E-state index contributed by atoms with van der Waals surface area (Å²) in [5.74, 6) is -1.21. The van der Waals surface area contributed by atoms with E-state index in [1.807, 2.05) is 0 Å². The number of carboxylic acids is 1. The van der Waals surface area contributed by atoms with Crippen molar-refractivity contribution in [1.82, 2.24) is 0 Å². The summed E-state index contributed by atoms with van der Waals surface area (Å²) in [5.41, 5.74) is 0. The molecule has 0 aromatic heterocycles. The van der Waals surface area contributed by atoms with E-state index in [0.29, 0.717) is 0 Å². The first-order chi connectivity index (χ1) is 7.27. The second kappa shape index (κ2) is 16.8. The van der Waals surface area contributed by atoms with E-state index < -0.39 is 5.97 Å². The third kappa shape index (κ3) is 71.2. The van der Waals surface area contributed by atoms with Crippen LogP contribution in [0, 0.1) is 0 Å². The monoisotopic (exact) mass is 244 g/mol. The molecule has 0 spiro atoms. The molecule has 0 saturated heterocycles. The number of ketones is 2. The maximum absolute atomic E-state index is 10.0. The van der Waals surface area contributed by atoms with Crippen LogP contribution in [-0.4, -0.2) is 32.8 Å². The van der Waals surface area contributed by atoms with Crippen molar-refractivity contribution in [3.63, 3.8) is 0 Å². The van der Waals surface area contributed by atoms with E-state index in [0.717, 1.165) is 22.1 Å². The van der Waals surface area contributed by atoms with Gasteiger partial charge in [-0.25, -0.2) is 0 Å². The second-order valence-corrected chi connectivity index (χ2v) is 5.39. The van der Waals surface area contributed by atoms with Crippen LogP contribution < -0.4 is 5.11 Å². The first-order valence-electron chi connectivity index (χ1n) is 5.25. The average Bonchev–Trinajstić information content (AvgIpc) is 2.02. The van der Waals surface area contributed by atoms with Crippen LogP contribution in [0.4, 0.5) is 0 Å². The fourth-order valence-corrected chi connectivity index (χ4v) is 1.22. The van der Waals surface area contributed by atoms with Crippen LogP contribution in [0.15, 0.2) is 0 Å². The standard InChI is InChI=1S/C5H8O2.C2H4O2.2C2H5.Al/c1-4(6)3-5(2)7;1-2(3)4;2*1-2;/h3H2,1-2H3;1H3,(H,3,4);2*1H2,2H3;/q;;;;+1/p-1. The molecular formula is C11H21AlO4. The fourth-order valence-electron chi connectivity index (χ4n) is 0.639. The molecule has 0 N–H and O–H groups in total. The van der Waals surface area contributed by atoms with Gasteiger partial charge in [0, 0.05) is 5.97 Å². The second-order valence-electron chi connectivity index (χ2n) is 3.18. The van der Waals surface area contributed by atoms with Crippen molar-refractivity contribution in [2.24, 2.45) is 0 Å². The molecule has 0 saturated carbocycles. The van der Waals surface area contributed by atoms with Crippen LogP contribution >= 0.6 is 0 Å². The summed E-state index contributed by atoms with van der Waals surface area (Å²) in [6.07, 6.45) is 0.0833. The molecule has 0 aliphatic carbocycles. The summed E-state index contributed by atoms with van der Waals surface area (Å²) in [6.45, 7) is 8.28. The molecule has 5 heteroatoms. The fraction of sp³-hybridized carbons (Fsp3) is 0.727. The molecule has 0 heterocycles. The van der Waals surface area contributed by atoms with E-state index in [9.17, 15) is 9.59 Å². The molecule has 0 unspecified atom stereocenters. The Balaban J connectivity index is -0.000000166. The average molecular weight is 244 g/mol. The van der Waals surface area contributed by atoms with Crippen LogP contribution in [0.1, 0.15) is 41.0 Å². The molecular weight excluding hydrogens is 223 g/mol. The third-order valence-electron chi connectivity index (χ3n) is 1.08. The van der Waals surface area contributed by atoms with E-state index in [-0.39, 0.29) is 18.0 Å². The van der Waals surface area contributed by atoms with Gasteiger partial charge in [0.2, 0.25) is 0 Å². The first kappa shape index (κ1) is 20.7. The molecule has 0 atom stereocenters. The van der Waals surface area contributed by atoms with Crippen molar-refractivity contribution in [2.75, 3.05) is 0 Å². The zero-order valence-electron chi connectivity index (χ0n) is 10.8. The molecule has 0 aliphatic heterocycles. The van der Waals surface area contributed by atoms with Gasteiger partial charge >= 0.3 is 39.6 Å². The molecule has 0 rings (SSSR count). The number of carbonyl (C=O) groups is 3. The predicted molar refractivity (Wildman–Crippen MR) is 63.4 cm³/mol. The SMILES string of the molecule is CC(=O)CC(C)=O.CC(=O)[O-].C[CH2][Al+][CH2]C. The van der Waals surface area contributed by atoms with E-state index in [1.54, 1.807) is 0 Å². The van der Waals surface area contributed by atoms with Crippen molar-refractivity contribution in [2.45, 2.75) is 51.6 Å². The van der Waals surface area contributed by atoms with Gasteiger partial charge in [-0.3, -0.25) is 9.59 Å². The summed E-state index contributed by atoms with van der Waals surface area (Å²) >= 11 is 0.815. The maximum atomic E-state index is 10.0. The molecule has 92 valence electrons. The van der Waals surface area contributed by atoms with Gasteiger partial charge in [0.05, 0.1) is 6.42 Å². The first-order valence-corrected chi connectivity index (χ1v) is 6.89. The number of hydrogen-bond acceptors (Lipinski definition) is 4. The van der Waals surface area contributed by atoms with E-state index in [1.165, 1.54) is 24.4 Å². The number of aliphatic carboxylic acids is 1. The van der Waals surface area contributed by atoms with Gasteiger partial charge in [-0.1, -0.05) is 0 Å². The molecule has 4 nitrogen and oxygen atoms in total. The molecule has 0 aliphatic rings. The summed E-state index contributed by atoms with van der Waals surface area (Å²) < 4.78 is 0. The van der Waals surface area contributed by atoms with Crippen LogP contribution in [-0.2, 0) is 14.4 Å². The van der Waals surface area contributed by atoms with Gasteiger partial charge in [-0.05, 0) is 20.8 Å². The van der Waals surface area contributed by atoms with Gasteiger partial charge in [0.25, 0.3) is 0 Å². The Bertz CT molecular complexity index is 184. The number of carboxylic acid groups (broad SMARTS) is 1. The van der Waals surface area contributed by atoms with Crippen molar-refractivity contribution < 1.29 is 19.5 Å². The van der Waals surface area contributed by atoms with Crippen molar-refractivity contribution in [3.05, 3.63) is 0 Å². The molecule has 0 bridgehead atoms.